The number of amides is 2. The second-order valence-electron chi connectivity index (χ2n) is 8.41. The van der Waals surface area contributed by atoms with E-state index in [2.05, 4.69) is 22.4 Å². The van der Waals surface area contributed by atoms with Gasteiger partial charge in [-0.25, -0.2) is 10.4 Å². The number of alkyl halides is 3. The van der Waals surface area contributed by atoms with Crippen molar-refractivity contribution < 1.29 is 22.8 Å². The summed E-state index contributed by atoms with van der Waals surface area (Å²) < 4.78 is 37.7. The topological polar surface area (TPSA) is 83.5 Å². The number of aryl methyl sites for hydroxylation is 1. The van der Waals surface area contributed by atoms with Gasteiger partial charge in [-0.15, -0.1) is 0 Å². The molecular weight excluding hydrogens is 517 g/mol. The number of hydrogen-bond acceptors (Lipinski definition) is 4. The van der Waals surface area contributed by atoms with Crippen molar-refractivity contribution >= 4 is 45.7 Å². The van der Waals surface area contributed by atoms with Crippen LogP contribution >= 0.6 is 11.6 Å². The molecule has 0 aliphatic heterocycles. The van der Waals surface area contributed by atoms with E-state index in [0.29, 0.717) is 38.5 Å². The average Bonchev–Trinajstić information content (AvgIpc) is 2.91. The largest absolute Gasteiger partial charge is 0.471 e. The summed E-state index contributed by atoms with van der Waals surface area (Å²) in [7, 11) is 0. The molecule has 3 aromatic carbocycles. The molecule has 1 heterocycles. The zero-order valence-electron chi connectivity index (χ0n) is 20.4. The lowest BCUT2D eigenvalue weighted by Crippen LogP contribution is -2.29. The summed E-state index contributed by atoms with van der Waals surface area (Å²) >= 11 is 6.41. The minimum absolute atomic E-state index is 0.0563. The van der Waals surface area contributed by atoms with Crippen molar-refractivity contribution in [3.8, 4) is 11.3 Å². The molecule has 1 aromatic heterocycles. The number of para-hydroxylation sites is 1. The molecule has 4 aromatic rings. The van der Waals surface area contributed by atoms with Crippen LogP contribution in [0.5, 0.6) is 0 Å². The maximum absolute atomic E-state index is 13.2. The number of pyridine rings is 1. The molecule has 0 saturated heterocycles. The summed E-state index contributed by atoms with van der Waals surface area (Å²) in [5, 5.41) is 6.84. The molecule has 0 unspecified atom stereocenters. The third kappa shape index (κ3) is 6.00. The lowest BCUT2D eigenvalue weighted by molar-refractivity contribution is -0.167. The number of hydrogen-bond donors (Lipinski definition) is 2. The highest BCUT2D eigenvalue weighted by molar-refractivity contribution is 6.35. The van der Waals surface area contributed by atoms with Crippen LogP contribution in [0.3, 0.4) is 0 Å². The Kier molecular flexibility index (Phi) is 7.78. The lowest BCUT2D eigenvalue weighted by atomic mass is 10.0. The molecule has 0 radical (unpaired) electrons. The van der Waals surface area contributed by atoms with Gasteiger partial charge >= 0.3 is 12.1 Å². The van der Waals surface area contributed by atoms with E-state index in [0.717, 1.165) is 17.5 Å². The molecule has 0 bridgehead atoms. The Bertz CT molecular complexity index is 1550. The van der Waals surface area contributed by atoms with Crippen molar-refractivity contribution in [2.75, 3.05) is 5.32 Å². The van der Waals surface area contributed by atoms with Gasteiger partial charge in [-0.3, -0.25) is 9.59 Å². The number of nitrogens with one attached hydrogen (secondary N) is 2. The summed E-state index contributed by atoms with van der Waals surface area (Å²) in [5.74, 6) is -2.60. The van der Waals surface area contributed by atoms with E-state index in [4.69, 9.17) is 11.6 Å². The van der Waals surface area contributed by atoms with Crippen LogP contribution in [0.2, 0.25) is 5.02 Å². The van der Waals surface area contributed by atoms with E-state index in [-0.39, 0.29) is 5.69 Å². The third-order valence-corrected chi connectivity index (χ3v) is 6.12. The number of nitrogens with zero attached hydrogens (tertiary/aromatic N) is 2. The Labute approximate surface area is 221 Å². The first-order valence-corrected chi connectivity index (χ1v) is 12.0. The first-order valence-electron chi connectivity index (χ1n) is 11.6. The second kappa shape index (κ2) is 11.0. The average molecular weight is 539 g/mol. The van der Waals surface area contributed by atoms with Gasteiger partial charge in [-0.2, -0.15) is 18.3 Å². The number of benzene rings is 3. The highest BCUT2D eigenvalue weighted by Crippen LogP contribution is 2.29. The Balaban J connectivity index is 1.63. The number of carbonyl (C=O) groups is 2. The highest BCUT2D eigenvalue weighted by atomic mass is 35.5. The van der Waals surface area contributed by atoms with Crippen molar-refractivity contribution in [2.45, 2.75) is 26.4 Å². The molecule has 194 valence electrons. The van der Waals surface area contributed by atoms with E-state index in [9.17, 15) is 22.8 Å². The van der Waals surface area contributed by atoms with Gasteiger partial charge in [0.2, 0.25) is 0 Å². The normalized spacial score (nSPS) is 11.9. The molecule has 2 N–H and O–H groups in total. The summed E-state index contributed by atoms with van der Waals surface area (Å²) in [6.45, 7) is 3.63. The first kappa shape index (κ1) is 26.8. The van der Waals surface area contributed by atoms with Crippen LogP contribution in [0.4, 0.5) is 18.9 Å². The summed E-state index contributed by atoms with van der Waals surface area (Å²) in [6.07, 6.45) is -4.12. The number of anilines is 1. The molecule has 0 aliphatic rings. The Hall–Kier alpha value is -4.24. The molecule has 0 fully saturated rings. The smallest absolute Gasteiger partial charge is 0.318 e. The van der Waals surface area contributed by atoms with Crippen molar-refractivity contribution in [1.29, 1.82) is 0 Å². The molecule has 0 spiro atoms. The van der Waals surface area contributed by atoms with Crippen molar-refractivity contribution in [3.05, 3.63) is 94.5 Å². The summed E-state index contributed by atoms with van der Waals surface area (Å²) in [4.78, 5) is 29.2. The van der Waals surface area contributed by atoms with Crippen molar-refractivity contribution in [1.82, 2.24) is 10.4 Å². The number of rotatable bonds is 6. The number of fused-ring (bicyclic) bond motifs is 1. The quantitative estimate of drug-likeness (QED) is 0.210. The van der Waals surface area contributed by atoms with Crippen molar-refractivity contribution in [2.24, 2.45) is 5.10 Å². The molecular formula is C28H22ClF3N4O2. The Morgan fingerprint density at radius 1 is 1.00 bits per heavy atom. The molecule has 0 atom stereocenters. The fraction of sp³-hybridized carbons (Fsp3) is 0.143. The predicted octanol–water partition coefficient (Wildman–Crippen LogP) is 6.77. The van der Waals surface area contributed by atoms with Gasteiger partial charge < -0.3 is 5.32 Å². The van der Waals surface area contributed by atoms with Crippen molar-refractivity contribution in [3.63, 3.8) is 0 Å². The Morgan fingerprint density at radius 2 is 1.71 bits per heavy atom. The van der Waals surface area contributed by atoms with Gasteiger partial charge in [-0.1, -0.05) is 67.1 Å². The number of aromatic nitrogens is 1. The molecule has 6 nitrogen and oxygen atoms in total. The lowest BCUT2D eigenvalue weighted by Gasteiger charge is -2.11. The summed E-state index contributed by atoms with van der Waals surface area (Å²) in [6, 6.07) is 20.3. The number of halogens is 4. The first-order chi connectivity index (χ1) is 18.1. The second-order valence-corrected chi connectivity index (χ2v) is 8.82. The van der Waals surface area contributed by atoms with Crippen LogP contribution in [0.25, 0.3) is 22.2 Å². The molecule has 38 heavy (non-hydrogen) atoms. The number of carbonyl (C=O) groups excluding carboxylic acids is 2. The zero-order chi connectivity index (χ0) is 27.4. The van der Waals surface area contributed by atoms with E-state index in [1.807, 2.05) is 24.3 Å². The molecule has 0 saturated carbocycles. The fourth-order valence-electron chi connectivity index (χ4n) is 3.74. The van der Waals surface area contributed by atoms with Gasteiger partial charge in [0.05, 0.1) is 27.5 Å². The van der Waals surface area contributed by atoms with E-state index >= 15 is 0 Å². The van der Waals surface area contributed by atoms with Crippen LogP contribution in [-0.4, -0.2) is 28.7 Å². The monoisotopic (exact) mass is 538 g/mol. The van der Waals surface area contributed by atoms with Gasteiger partial charge in [0.1, 0.15) is 0 Å². The van der Waals surface area contributed by atoms with Gasteiger partial charge in [0, 0.05) is 16.6 Å². The number of hydrazone groups is 1. The standard InChI is InChI=1S/C28H22ClF3N4O2/c1-3-17-10-12-18(13-11-17)24-15-22(21-8-5-9-23(29)25(21)34-24)26(37)36-35-16(2)19-6-4-7-20(14-19)33-27(38)28(30,31)32/h4-15H,3H2,1-2H3,(H,33,38)(H,36,37)/b35-16-. The van der Waals surface area contributed by atoms with Crippen LogP contribution in [-0.2, 0) is 11.2 Å². The molecule has 0 aliphatic carbocycles. The zero-order valence-corrected chi connectivity index (χ0v) is 21.1. The fourth-order valence-corrected chi connectivity index (χ4v) is 3.96. The van der Waals surface area contributed by atoms with E-state index in [1.165, 1.54) is 18.2 Å². The van der Waals surface area contributed by atoms with Gasteiger partial charge in [0.25, 0.3) is 5.91 Å². The van der Waals surface area contributed by atoms with Crippen LogP contribution in [0.1, 0.15) is 35.3 Å². The van der Waals surface area contributed by atoms with E-state index < -0.39 is 18.0 Å². The van der Waals surface area contributed by atoms with Gasteiger partial charge in [-0.05, 0) is 48.7 Å². The third-order valence-electron chi connectivity index (χ3n) is 5.81. The summed E-state index contributed by atoms with van der Waals surface area (Å²) in [5.41, 5.74) is 6.47. The maximum Gasteiger partial charge on any atom is 0.471 e. The minimum atomic E-state index is -5.01. The highest BCUT2D eigenvalue weighted by Gasteiger charge is 2.38. The SMILES string of the molecule is CCc1ccc(-c2cc(C(=O)N/N=C(/C)c3cccc(NC(=O)C(F)(F)F)c3)c3cccc(Cl)c3n2)cc1. The Morgan fingerprint density at radius 3 is 2.39 bits per heavy atom. The van der Waals surface area contributed by atoms with Gasteiger partial charge in [0.15, 0.2) is 0 Å². The van der Waals surface area contributed by atoms with Crippen LogP contribution < -0.4 is 10.7 Å². The minimum Gasteiger partial charge on any atom is -0.318 e. The molecule has 4 rings (SSSR count). The molecule has 2 amide bonds. The van der Waals surface area contributed by atoms with Crippen LogP contribution in [0, 0.1) is 0 Å². The molecule has 10 heteroatoms. The van der Waals surface area contributed by atoms with Crippen LogP contribution in [0.15, 0.2) is 77.9 Å². The predicted molar refractivity (Wildman–Crippen MR) is 142 cm³/mol. The van der Waals surface area contributed by atoms with E-state index in [1.54, 1.807) is 42.6 Å². The maximum atomic E-state index is 13.2.